The molecule has 1 aromatic heterocycles. The summed E-state index contributed by atoms with van der Waals surface area (Å²) in [7, 11) is 0. The third-order valence-electron chi connectivity index (χ3n) is 4.69. The van der Waals surface area contributed by atoms with Gasteiger partial charge in [0.05, 0.1) is 0 Å². The first-order valence-electron chi connectivity index (χ1n) is 8.44. The SMILES string of the molecule is Cc1[nH]c(-c2ccc(F)cc2)nc1C(=O)N1CCc2ccc(O)cc2C1. The van der Waals surface area contributed by atoms with E-state index in [2.05, 4.69) is 9.97 Å². The van der Waals surface area contributed by atoms with Crippen LogP contribution in [0.3, 0.4) is 0 Å². The van der Waals surface area contributed by atoms with Crippen LogP contribution in [0.2, 0.25) is 0 Å². The number of phenols is 1. The molecule has 1 amide bonds. The van der Waals surface area contributed by atoms with Crippen LogP contribution in [0.5, 0.6) is 5.75 Å². The minimum Gasteiger partial charge on any atom is -0.508 e. The summed E-state index contributed by atoms with van der Waals surface area (Å²) in [5.41, 5.74) is 3.88. The van der Waals surface area contributed by atoms with Crippen molar-refractivity contribution >= 4 is 5.91 Å². The first kappa shape index (κ1) is 16.3. The normalized spacial score (nSPS) is 13.5. The Hall–Kier alpha value is -3.15. The van der Waals surface area contributed by atoms with Crippen LogP contribution >= 0.6 is 0 Å². The van der Waals surface area contributed by atoms with E-state index >= 15 is 0 Å². The Morgan fingerprint density at radius 3 is 2.73 bits per heavy atom. The van der Waals surface area contributed by atoms with Gasteiger partial charge in [-0.1, -0.05) is 6.07 Å². The lowest BCUT2D eigenvalue weighted by atomic mass is 9.99. The van der Waals surface area contributed by atoms with E-state index in [9.17, 15) is 14.3 Å². The molecule has 5 nitrogen and oxygen atoms in total. The Morgan fingerprint density at radius 1 is 1.19 bits per heavy atom. The monoisotopic (exact) mass is 351 g/mol. The van der Waals surface area contributed by atoms with Crippen molar-refractivity contribution in [2.24, 2.45) is 0 Å². The number of amides is 1. The lowest BCUT2D eigenvalue weighted by Gasteiger charge is -2.28. The highest BCUT2D eigenvalue weighted by molar-refractivity contribution is 5.94. The summed E-state index contributed by atoms with van der Waals surface area (Å²) in [4.78, 5) is 22.2. The van der Waals surface area contributed by atoms with Gasteiger partial charge >= 0.3 is 0 Å². The van der Waals surface area contributed by atoms with Gasteiger partial charge in [0.1, 0.15) is 23.1 Å². The van der Waals surface area contributed by atoms with Crippen molar-refractivity contribution in [1.82, 2.24) is 14.9 Å². The van der Waals surface area contributed by atoms with Gasteiger partial charge in [0.25, 0.3) is 5.91 Å². The Kier molecular flexibility index (Phi) is 3.95. The number of carbonyl (C=O) groups is 1. The fourth-order valence-corrected chi connectivity index (χ4v) is 3.28. The van der Waals surface area contributed by atoms with Crippen molar-refractivity contribution in [3.63, 3.8) is 0 Å². The number of H-pyrrole nitrogens is 1. The van der Waals surface area contributed by atoms with E-state index in [4.69, 9.17) is 0 Å². The Morgan fingerprint density at radius 2 is 1.96 bits per heavy atom. The van der Waals surface area contributed by atoms with Crippen LogP contribution in [0.15, 0.2) is 42.5 Å². The van der Waals surface area contributed by atoms with Crippen molar-refractivity contribution in [1.29, 1.82) is 0 Å². The standard InChI is InChI=1S/C20H18FN3O2/c1-12-18(23-19(22-12)14-2-5-16(21)6-3-14)20(26)24-9-8-13-4-7-17(25)10-15(13)11-24/h2-7,10,25H,8-9,11H2,1H3,(H,22,23). The summed E-state index contributed by atoms with van der Waals surface area (Å²) in [5, 5.41) is 9.68. The van der Waals surface area contributed by atoms with Gasteiger partial charge in [-0.25, -0.2) is 9.37 Å². The summed E-state index contributed by atoms with van der Waals surface area (Å²) < 4.78 is 13.1. The van der Waals surface area contributed by atoms with Crippen LogP contribution in [0.4, 0.5) is 4.39 Å². The predicted octanol–water partition coefficient (Wildman–Crippen LogP) is 3.43. The molecule has 0 saturated carbocycles. The van der Waals surface area contributed by atoms with E-state index in [0.29, 0.717) is 30.3 Å². The smallest absolute Gasteiger partial charge is 0.274 e. The number of nitrogens with zero attached hydrogens (tertiary/aromatic N) is 2. The van der Waals surface area contributed by atoms with Gasteiger partial charge in [-0.2, -0.15) is 0 Å². The minimum absolute atomic E-state index is 0.152. The van der Waals surface area contributed by atoms with Crippen LogP contribution in [0.25, 0.3) is 11.4 Å². The first-order chi connectivity index (χ1) is 12.5. The average molecular weight is 351 g/mol. The molecule has 0 aliphatic carbocycles. The Bertz CT molecular complexity index is 979. The van der Waals surface area contributed by atoms with Crippen molar-refractivity contribution in [3.8, 4) is 17.1 Å². The predicted molar refractivity (Wildman–Crippen MR) is 95.3 cm³/mol. The number of benzene rings is 2. The summed E-state index contributed by atoms with van der Waals surface area (Å²) >= 11 is 0. The molecular formula is C20H18FN3O2. The van der Waals surface area contributed by atoms with E-state index < -0.39 is 0 Å². The highest BCUT2D eigenvalue weighted by Crippen LogP contribution is 2.25. The zero-order valence-corrected chi connectivity index (χ0v) is 14.3. The fraction of sp³-hybridized carbons (Fsp3) is 0.200. The summed E-state index contributed by atoms with van der Waals surface area (Å²) in [5.74, 6) is 0.276. The van der Waals surface area contributed by atoms with Crippen molar-refractivity contribution in [2.45, 2.75) is 19.9 Å². The number of imidazole rings is 1. The van der Waals surface area contributed by atoms with Crippen LogP contribution < -0.4 is 0 Å². The molecule has 0 bridgehead atoms. The summed E-state index contributed by atoms with van der Waals surface area (Å²) in [6.45, 7) is 2.85. The minimum atomic E-state index is -0.316. The summed E-state index contributed by atoms with van der Waals surface area (Å²) in [6, 6.07) is 11.3. The van der Waals surface area contributed by atoms with E-state index in [1.807, 2.05) is 6.07 Å². The Labute approximate surface area is 150 Å². The molecule has 0 unspecified atom stereocenters. The molecule has 1 aliphatic heterocycles. The number of rotatable bonds is 2. The van der Waals surface area contributed by atoms with Gasteiger partial charge < -0.3 is 15.0 Å². The van der Waals surface area contributed by atoms with Gasteiger partial charge in [-0.3, -0.25) is 4.79 Å². The molecule has 0 spiro atoms. The average Bonchev–Trinajstić information content (AvgIpc) is 3.02. The second kappa shape index (κ2) is 6.29. The van der Waals surface area contributed by atoms with Crippen LogP contribution in [-0.4, -0.2) is 32.4 Å². The first-order valence-corrected chi connectivity index (χ1v) is 8.44. The van der Waals surface area contributed by atoms with Gasteiger partial charge in [0, 0.05) is 24.3 Å². The largest absolute Gasteiger partial charge is 0.508 e. The molecule has 0 fully saturated rings. The zero-order chi connectivity index (χ0) is 18.3. The molecule has 0 atom stereocenters. The van der Waals surface area contributed by atoms with Crippen LogP contribution in [0.1, 0.15) is 27.3 Å². The number of halogens is 1. The maximum Gasteiger partial charge on any atom is 0.274 e. The molecule has 1 aliphatic rings. The molecule has 2 N–H and O–H groups in total. The lowest BCUT2D eigenvalue weighted by molar-refractivity contribution is 0.0728. The second-order valence-electron chi connectivity index (χ2n) is 6.50. The number of hydrogen-bond acceptors (Lipinski definition) is 3. The maximum absolute atomic E-state index is 13.1. The van der Waals surface area contributed by atoms with Gasteiger partial charge in [0.15, 0.2) is 0 Å². The third kappa shape index (κ3) is 2.94. The number of aromatic nitrogens is 2. The number of aromatic amines is 1. The number of fused-ring (bicyclic) bond motifs is 1. The molecular weight excluding hydrogens is 333 g/mol. The van der Waals surface area contributed by atoms with Crippen LogP contribution in [-0.2, 0) is 13.0 Å². The molecule has 3 aromatic rings. The van der Waals surface area contributed by atoms with Gasteiger partial charge in [-0.05, 0) is 60.9 Å². The van der Waals surface area contributed by atoms with E-state index in [-0.39, 0.29) is 17.5 Å². The number of aromatic hydroxyl groups is 1. The third-order valence-corrected chi connectivity index (χ3v) is 4.69. The van der Waals surface area contributed by atoms with E-state index in [1.54, 1.807) is 36.1 Å². The zero-order valence-electron chi connectivity index (χ0n) is 14.3. The highest BCUT2D eigenvalue weighted by atomic mass is 19.1. The number of aryl methyl sites for hydroxylation is 1. The highest BCUT2D eigenvalue weighted by Gasteiger charge is 2.25. The van der Waals surface area contributed by atoms with Crippen LogP contribution in [0, 0.1) is 12.7 Å². The molecule has 26 heavy (non-hydrogen) atoms. The number of phenolic OH excluding ortho intramolecular Hbond substituents is 1. The second-order valence-corrected chi connectivity index (χ2v) is 6.50. The van der Waals surface area contributed by atoms with Crippen molar-refractivity contribution < 1.29 is 14.3 Å². The molecule has 0 radical (unpaired) electrons. The van der Waals surface area contributed by atoms with Gasteiger partial charge in [-0.15, -0.1) is 0 Å². The number of hydrogen-bond donors (Lipinski definition) is 2. The van der Waals surface area contributed by atoms with E-state index in [0.717, 1.165) is 23.1 Å². The van der Waals surface area contributed by atoms with E-state index in [1.165, 1.54) is 12.1 Å². The van der Waals surface area contributed by atoms with Crippen molar-refractivity contribution in [2.75, 3.05) is 6.54 Å². The molecule has 6 heteroatoms. The van der Waals surface area contributed by atoms with Crippen molar-refractivity contribution in [3.05, 3.63) is 70.8 Å². The topological polar surface area (TPSA) is 69.2 Å². The molecule has 2 aromatic carbocycles. The molecule has 132 valence electrons. The number of carbonyl (C=O) groups excluding carboxylic acids is 1. The maximum atomic E-state index is 13.1. The molecule has 2 heterocycles. The van der Waals surface area contributed by atoms with Gasteiger partial charge in [0.2, 0.25) is 0 Å². The fourth-order valence-electron chi connectivity index (χ4n) is 3.28. The quantitative estimate of drug-likeness (QED) is 0.743. The number of nitrogens with one attached hydrogen (secondary N) is 1. The Balaban J connectivity index is 1.60. The summed E-state index contributed by atoms with van der Waals surface area (Å²) in [6.07, 6.45) is 0.746. The molecule has 4 rings (SSSR count). The molecule has 0 saturated heterocycles. The lowest BCUT2D eigenvalue weighted by Crippen LogP contribution is -2.36.